The maximum Gasteiger partial charge on any atom is 0.405 e. The minimum absolute atomic E-state index is 0.207. The van der Waals surface area contributed by atoms with E-state index < -0.39 is 31.2 Å². The fraction of sp³-hybridized carbons (Fsp3) is 0.467. The van der Waals surface area contributed by atoms with Crippen LogP contribution >= 0.6 is 0 Å². The third-order valence-corrected chi connectivity index (χ3v) is 2.86. The minimum Gasteiger partial charge on any atom is -0.491 e. The molecule has 0 spiro atoms. The number of hydrogen-bond acceptors (Lipinski definition) is 3. The molecule has 134 valence electrons. The van der Waals surface area contributed by atoms with Crippen molar-refractivity contribution in [2.45, 2.75) is 26.1 Å². The molecule has 0 saturated heterocycles. The van der Waals surface area contributed by atoms with Crippen molar-refractivity contribution < 1.29 is 27.5 Å². The summed E-state index contributed by atoms with van der Waals surface area (Å²) in [6.07, 6.45) is -4.49. The van der Waals surface area contributed by atoms with E-state index in [0.29, 0.717) is 5.75 Å². The van der Waals surface area contributed by atoms with Crippen molar-refractivity contribution in [2.75, 3.05) is 19.7 Å². The van der Waals surface area contributed by atoms with Gasteiger partial charge in [-0.2, -0.15) is 13.2 Å². The fourth-order valence-electron chi connectivity index (χ4n) is 1.67. The summed E-state index contributed by atoms with van der Waals surface area (Å²) in [6.45, 7) is 1.81. The molecule has 0 unspecified atom stereocenters. The van der Waals surface area contributed by atoms with Crippen LogP contribution in [0.5, 0.6) is 5.75 Å². The summed E-state index contributed by atoms with van der Waals surface area (Å²) in [4.78, 5) is 22.7. The van der Waals surface area contributed by atoms with E-state index in [0.717, 1.165) is 5.56 Å². The molecule has 0 bridgehead atoms. The van der Waals surface area contributed by atoms with E-state index in [2.05, 4.69) is 10.6 Å². The van der Waals surface area contributed by atoms with Crippen LogP contribution in [0.3, 0.4) is 0 Å². The van der Waals surface area contributed by atoms with Gasteiger partial charge in [0.25, 0.3) is 0 Å². The molecule has 0 radical (unpaired) electrons. The lowest BCUT2D eigenvalue weighted by molar-refractivity contribution is -0.137. The van der Waals surface area contributed by atoms with Gasteiger partial charge in [0.15, 0.2) is 0 Å². The van der Waals surface area contributed by atoms with E-state index in [1.807, 2.05) is 25.1 Å². The van der Waals surface area contributed by atoms with Gasteiger partial charge in [0.2, 0.25) is 5.91 Å². The highest BCUT2D eigenvalue weighted by molar-refractivity contribution is 5.83. The van der Waals surface area contributed by atoms with Crippen LogP contribution < -0.4 is 20.7 Å². The Morgan fingerprint density at radius 2 is 1.88 bits per heavy atom. The second kappa shape index (κ2) is 8.99. The van der Waals surface area contributed by atoms with Gasteiger partial charge in [-0.05, 0) is 25.5 Å². The van der Waals surface area contributed by atoms with Crippen molar-refractivity contribution in [3.8, 4) is 5.75 Å². The molecule has 0 heterocycles. The van der Waals surface area contributed by atoms with Gasteiger partial charge < -0.3 is 20.7 Å². The highest BCUT2D eigenvalue weighted by Gasteiger charge is 2.27. The molecule has 0 fully saturated rings. The molecule has 1 aromatic carbocycles. The molecule has 0 aliphatic rings. The van der Waals surface area contributed by atoms with Gasteiger partial charge in [0, 0.05) is 0 Å². The number of alkyl halides is 3. The second-order valence-electron chi connectivity index (χ2n) is 5.20. The largest absolute Gasteiger partial charge is 0.491 e. The summed E-state index contributed by atoms with van der Waals surface area (Å²) in [5, 5.41) is 6.35. The zero-order chi connectivity index (χ0) is 18.2. The van der Waals surface area contributed by atoms with Crippen molar-refractivity contribution in [1.82, 2.24) is 16.0 Å². The SMILES string of the molecule is Cc1ccccc1OC[C@H](C)NC(=O)NCC(=O)NCC(F)(F)F. The van der Waals surface area contributed by atoms with Crippen LogP contribution in [0.2, 0.25) is 0 Å². The summed E-state index contributed by atoms with van der Waals surface area (Å²) in [5.74, 6) is -0.232. The maximum absolute atomic E-state index is 11.9. The van der Waals surface area contributed by atoms with E-state index in [1.54, 1.807) is 18.3 Å². The number of carbonyl (C=O) groups is 2. The normalized spacial score (nSPS) is 12.2. The smallest absolute Gasteiger partial charge is 0.405 e. The highest BCUT2D eigenvalue weighted by atomic mass is 19.4. The van der Waals surface area contributed by atoms with Crippen LogP contribution in [0.1, 0.15) is 12.5 Å². The average molecular weight is 347 g/mol. The van der Waals surface area contributed by atoms with Gasteiger partial charge in [-0.3, -0.25) is 4.79 Å². The molecule has 0 saturated carbocycles. The lowest BCUT2D eigenvalue weighted by atomic mass is 10.2. The average Bonchev–Trinajstić information content (AvgIpc) is 2.49. The number of nitrogens with one attached hydrogen (secondary N) is 3. The summed E-state index contributed by atoms with van der Waals surface area (Å²) in [7, 11) is 0. The van der Waals surface area contributed by atoms with E-state index in [-0.39, 0.29) is 12.6 Å². The van der Waals surface area contributed by atoms with E-state index in [4.69, 9.17) is 4.74 Å². The van der Waals surface area contributed by atoms with E-state index in [9.17, 15) is 22.8 Å². The number of hydrogen-bond donors (Lipinski definition) is 3. The van der Waals surface area contributed by atoms with Gasteiger partial charge in [0.05, 0.1) is 12.6 Å². The first-order valence-electron chi connectivity index (χ1n) is 7.23. The Hall–Kier alpha value is -2.45. The molecule has 9 heteroatoms. The Morgan fingerprint density at radius 3 is 2.50 bits per heavy atom. The quantitative estimate of drug-likeness (QED) is 0.703. The summed E-state index contributed by atoms with van der Waals surface area (Å²) >= 11 is 0. The number of aryl methyl sites for hydroxylation is 1. The Morgan fingerprint density at radius 1 is 1.21 bits per heavy atom. The molecule has 1 atom stereocenters. The molecular formula is C15H20F3N3O3. The summed E-state index contributed by atoms with van der Waals surface area (Å²) in [5.41, 5.74) is 0.954. The molecule has 3 N–H and O–H groups in total. The number of ether oxygens (including phenoxy) is 1. The van der Waals surface area contributed by atoms with Crippen molar-refractivity contribution >= 4 is 11.9 Å². The third kappa shape index (κ3) is 8.25. The van der Waals surface area contributed by atoms with E-state index in [1.165, 1.54) is 0 Å². The Bertz CT molecular complexity index is 564. The monoisotopic (exact) mass is 347 g/mol. The Kier molecular flexibility index (Phi) is 7.34. The van der Waals surface area contributed by atoms with Gasteiger partial charge >= 0.3 is 12.2 Å². The van der Waals surface area contributed by atoms with Crippen molar-refractivity contribution in [1.29, 1.82) is 0 Å². The van der Waals surface area contributed by atoms with Crippen LogP contribution in [0.4, 0.5) is 18.0 Å². The highest BCUT2D eigenvalue weighted by Crippen LogP contribution is 2.16. The number of para-hydroxylation sites is 1. The maximum atomic E-state index is 11.9. The first-order valence-corrected chi connectivity index (χ1v) is 7.23. The molecule has 0 aliphatic carbocycles. The molecule has 6 nitrogen and oxygen atoms in total. The molecule has 1 aromatic rings. The van der Waals surface area contributed by atoms with Gasteiger partial charge in [-0.15, -0.1) is 0 Å². The molecule has 0 aromatic heterocycles. The predicted octanol–water partition coefficient (Wildman–Crippen LogP) is 1.74. The number of urea groups is 1. The standard InChI is InChI=1S/C15H20F3N3O3/c1-10-5-3-4-6-12(10)24-8-11(2)21-14(23)19-7-13(22)20-9-15(16,17)18/h3-6,11H,7-9H2,1-2H3,(H,20,22)(H2,19,21,23)/t11-/m0/s1. The van der Waals surface area contributed by atoms with Gasteiger partial charge in [-0.25, -0.2) is 4.79 Å². The zero-order valence-corrected chi connectivity index (χ0v) is 13.4. The van der Waals surface area contributed by atoms with Crippen molar-refractivity contribution in [2.24, 2.45) is 0 Å². The second-order valence-corrected chi connectivity index (χ2v) is 5.20. The molecular weight excluding hydrogens is 327 g/mol. The van der Waals surface area contributed by atoms with Crippen LogP contribution in [-0.2, 0) is 4.79 Å². The van der Waals surface area contributed by atoms with Crippen molar-refractivity contribution in [3.63, 3.8) is 0 Å². The number of benzene rings is 1. The number of rotatable bonds is 7. The molecule has 0 aliphatic heterocycles. The minimum atomic E-state index is -4.49. The van der Waals surface area contributed by atoms with Crippen LogP contribution in [0.25, 0.3) is 0 Å². The number of carbonyl (C=O) groups excluding carboxylic acids is 2. The van der Waals surface area contributed by atoms with Crippen LogP contribution in [0, 0.1) is 6.92 Å². The predicted molar refractivity (Wildman–Crippen MR) is 81.7 cm³/mol. The third-order valence-electron chi connectivity index (χ3n) is 2.86. The topological polar surface area (TPSA) is 79.5 Å². The first kappa shape index (κ1) is 19.6. The van der Waals surface area contributed by atoms with Gasteiger partial charge in [0.1, 0.15) is 18.9 Å². The lowest BCUT2D eigenvalue weighted by Gasteiger charge is -2.16. The summed E-state index contributed by atoms with van der Waals surface area (Å²) < 4.78 is 41.3. The number of halogens is 3. The zero-order valence-electron chi connectivity index (χ0n) is 13.4. The summed E-state index contributed by atoms with van der Waals surface area (Å²) in [6, 6.07) is 6.36. The van der Waals surface area contributed by atoms with Gasteiger partial charge in [-0.1, -0.05) is 18.2 Å². The van der Waals surface area contributed by atoms with Crippen LogP contribution in [0.15, 0.2) is 24.3 Å². The molecule has 3 amide bonds. The fourth-order valence-corrected chi connectivity index (χ4v) is 1.67. The van der Waals surface area contributed by atoms with Crippen LogP contribution in [-0.4, -0.2) is 43.9 Å². The molecule has 1 rings (SSSR count). The molecule has 24 heavy (non-hydrogen) atoms. The lowest BCUT2D eigenvalue weighted by Crippen LogP contribution is -2.47. The first-order chi connectivity index (χ1) is 11.2. The number of amides is 3. The Balaban J connectivity index is 2.24. The Labute approximate surface area is 137 Å². The van der Waals surface area contributed by atoms with Crippen molar-refractivity contribution in [3.05, 3.63) is 29.8 Å². The van der Waals surface area contributed by atoms with E-state index >= 15 is 0 Å².